The lowest BCUT2D eigenvalue weighted by Gasteiger charge is -2.18. The van der Waals surface area contributed by atoms with Crippen molar-refractivity contribution in [3.05, 3.63) is 12.7 Å². The van der Waals surface area contributed by atoms with Crippen LogP contribution in [0.1, 0.15) is 6.42 Å². The quantitative estimate of drug-likeness (QED) is 0.549. The molecule has 1 saturated heterocycles. The Hall–Kier alpha value is -1.77. The number of hydrogen-bond donors (Lipinski definition) is 2. The molecule has 1 aliphatic heterocycles. The number of nitrogens with one attached hydrogen (secondary N) is 1. The predicted molar refractivity (Wildman–Crippen MR) is 71.3 cm³/mol. The van der Waals surface area contributed by atoms with E-state index in [0.29, 0.717) is 13.0 Å². The molecule has 1 fully saturated rings. The molecule has 0 aromatic heterocycles. The Morgan fingerprint density at radius 1 is 1.36 bits per heavy atom. The Kier molecular flexibility index (Phi) is 6.66. The van der Waals surface area contributed by atoms with Gasteiger partial charge in [-0.3, -0.25) is 4.79 Å². The summed E-state index contributed by atoms with van der Waals surface area (Å²) in [5, 5.41) is 11.3. The summed E-state index contributed by atoms with van der Waals surface area (Å²) in [6.45, 7) is 3.21. The molecule has 6 nitrogen and oxygen atoms in total. The minimum Gasteiger partial charge on any atom is -0.481 e. The smallest absolute Gasteiger partial charge is 0.394 e. The van der Waals surface area contributed by atoms with E-state index in [-0.39, 0.29) is 13.2 Å². The van der Waals surface area contributed by atoms with Crippen molar-refractivity contribution in [2.24, 2.45) is 11.8 Å². The maximum atomic E-state index is 12.8. The van der Waals surface area contributed by atoms with Gasteiger partial charge in [-0.2, -0.15) is 13.2 Å². The molecule has 0 bridgehead atoms. The number of carboxylic acid groups (broad SMARTS) is 1. The molecular weight excluding hydrogens is 305 g/mol. The van der Waals surface area contributed by atoms with Gasteiger partial charge in [-0.1, -0.05) is 6.08 Å². The van der Waals surface area contributed by atoms with Gasteiger partial charge in [-0.05, 0) is 6.42 Å². The average molecular weight is 324 g/mol. The number of halogens is 3. The third-order valence-corrected chi connectivity index (χ3v) is 3.33. The topological polar surface area (TPSA) is 78.9 Å². The first kappa shape index (κ1) is 18.3. The molecule has 0 aromatic rings. The van der Waals surface area contributed by atoms with Crippen LogP contribution in [0.2, 0.25) is 0 Å². The largest absolute Gasteiger partial charge is 0.481 e. The number of rotatable bonds is 7. The lowest BCUT2D eigenvalue weighted by molar-refractivity contribution is -0.187. The van der Waals surface area contributed by atoms with E-state index in [0.717, 1.165) is 4.90 Å². The highest BCUT2D eigenvalue weighted by molar-refractivity contribution is 5.77. The zero-order chi connectivity index (χ0) is 16.8. The first-order chi connectivity index (χ1) is 10.3. The van der Waals surface area contributed by atoms with Crippen molar-refractivity contribution < 1.29 is 32.6 Å². The van der Waals surface area contributed by atoms with E-state index in [9.17, 15) is 22.8 Å². The molecule has 0 aromatic carbocycles. The fourth-order valence-corrected chi connectivity index (χ4v) is 2.16. The van der Waals surface area contributed by atoms with Crippen LogP contribution in [0.3, 0.4) is 0 Å². The van der Waals surface area contributed by atoms with Gasteiger partial charge in [-0.25, -0.2) is 4.79 Å². The highest BCUT2D eigenvalue weighted by Crippen LogP contribution is 2.37. The fraction of sp³-hybridized carbons (Fsp3) is 0.692. The van der Waals surface area contributed by atoms with Gasteiger partial charge in [0.1, 0.15) is 0 Å². The molecule has 0 radical (unpaired) electrons. The number of aliphatic carboxylic acids is 1. The van der Waals surface area contributed by atoms with E-state index in [1.165, 1.54) is 0 Å². The lowest BCUT2D eigenvalue weighted by atomic mass is 9.96. The van der Waals surface area contributed by atoms with E-state index in [1.807, 2.05) is 0 Å². The summed E-state index contributed by atoms with van der Waals surface area (Å²) in [4.78, 5) is 23.5. The van der Waals surface area contributed by atoms with Crippen molar-refractivity contribution >= 4 is 12.0 Å². The monoisotopic (exact) mass is 324 g/mol. The van der Waals surface area contributed by atoms with Crippen LogP contribution in [-0.2, 0) is 9.53 Å². The van der Waals surface area contributed by atoms with Crippen molar-refractivity contribution in [1.29, 1.82) is 0 Å². The Bertz CT molecular complexity index is 415. The molecular formula is C13H19F3N2O4. The van der Waals surface area contributed by atoms with E-state index >= 15 is 0 Å². The van der Waals surface area contributed by atoms with Gasteiger partial charge in [0.25, 0.3) is 0 Å². The van der Waals surface area contributed by atoms with Gasteiger partial charge in [0, 0.05) is 19.6 Å². The van der Waals surface area contributed by atoms with Crippen LogP contribution in [0.25, 0.3) is 0 Å². The van der Waals surface area contributed by atoms with Gasteiger partial charge in [-0.15, -0.1) is 6.58 Å². The first-order valence-corrected chi connectivity index (χ1v) is 6.78. The number of carbonyl (C=O) groups is 2. The molecule has 0 spiro atoms. The van der Waals surface area contributed by atoms with E-state index < -0.39 is 43.1 Å². The normalized spacial score (nSPS) is 21.7. The number of carboxylic acids is 1. The standard InChI is InChI=1S/C13H19F3N2O4/c1-2-3-5-22-6-4-17-12(21)18-7-9(11(19)20)10(8-18)13(14,15)16/h2,9-10H,1,3-8H2,(H,17,21)(H,19,20)/t9-,10-/m1/s1. The van der Waals surface area contributed by atoms with Crippen LogP contribution in [-0.4, -0.2) is 61.0 Å². The number of amides is 2. The van der Waals surface area contributed by atoms with E-state index in [2.05, 4.69) is 11.9 Å². The Labute approximate surface area is 125 Å². The molecule has 126 valence electrons. The summed E-state index contributed by atoms with van der Waals surface area (Å²) >= 11 is 0. The third-order valence-electron chi connectivity index (χ3n) is 3.33. The predicted octanol–water partition coefficient (Wildman–Crippen LogP) is 1.48. The van der Waals surface area contributed by atoms with Crippen molar-refractivity contribution in [3.8, 4) is 0 Å². The van der Waals surface area contributed by atoms with Gasteiger partial charge in [0.2, 0.25) is 0 Å². The minimum absolute atomic E-state index is 0.140. The summed E-state index contributed by atoms with van der Waals surface area (Å²) in [6, 6.07) is -0.717. The Morgan fingerprint density at radius 2 is 2.05 bits per heavy atom. The molecule has 2 atom stereocenters. The summed E-state index contributed by atoms with van der Waals surface area (Å²) in [7, 11) is 0. The maximum Gasteiger partial charge on any atom is 0.394 e. The molecule has 0 unspecified atom stereocenters. The molecule has 1 aliphatic rings. The van der Waals surface area contributed by atoms with E-state index in [4.69, 9.17) is 9.84 Å². The van der Waals surface area contributed by atoms with Gasteiger partial charge in [0.05, 0.1) is 25.0 Å². The highest BCUT2D eigenvalue weighted by atomic mass is 19.4. The Balaban J connectivity index is 2.43. The van der Waals surface area contributed by atoms with Crippen LogP contribution in [0, 0.1) is 11.8 Å². The van der Waals surface area contributed by atoms with Crippen molar-refractivity contribution in [2.45, 2.75) is 12.6 Å². The Morgan fingerprint density at radius 3 is 2.55 bits per heavy atom. The molecule has 22 heavy (non-hydrogen) atoms. The van der Waals surface area contributed by atoms with Gasteiger partial charge in [0.15, 0.2) is 0 Å². The summed E-state index contributed by atoms with van der Waals surface area (Å²) < 4.78 is 43.5. The van der Waals surface area contributed by atoms with Crippen molar-refractivity contribution in [1.82, 2.24) is 10.2 Å². The molecule has 0 aliphatic carbocycles. The minimum atomic E-state index is -4.65. The van der Waals surface area contributed by atoms with Crippen molar-refractivity contribution in [2.75, 3.05) is 32.8 Å². The van der Waals surface area contributed by atoms with Crippen LogP contribution in [0.15, 0.2) is 12.7 Å². The second kappa shape index (κ2) is 8.02. The first-order valence-electron chi connectivity index (χ1n) is 6.78. The molecule has 9 heteroatoms. The summed E-state index contributed by atoms with van der Waals surface area (Å²) in [6.07, 6.45) is -2.31. The third kappa shape index (κ3) is 5.21. The second-order valence-corrected chi connectivity index (χ2v) is 4.92. The van der Waals surface area contributed by atoms with Crippen LogP contribution >= 0.6 is 0 Å². The van der Waals surface area contributed by atoms with E-state index in [1.54, 1.807) is 6.08 Å². The van der Waals surface area contributed by atoms with Crippen LogP contribution in [0.4, 0.5) is 18.0 Å². The van der Waals surface area contributed by atoms with Crippen LogP contribution < -0.4 is 5.32 Å². The van der Waals surface area contributed by atoms with Gasteiger partial charge >= 0.3 is 18.2 Å². The second-order valence-electron chi connectivity index (χ2n) is 4.92. The fourth-order valence-electron chi connectivity index (χ4n) is 2.16. The number of urea groups is 1. The number of ether oxygens (including phenoxy) is 1. The zero-order valence-electron chi connectivity index (χ0n) is 11.9. The number of likely N-dealkylation sites (tertiary alicyclic amines) is 1. The maximum absolute atomic E-state index is 12.8. The molecule has 1 rings (SSSR count). The number of nitrogens with zero attached hydrogens (tertiary/aromatic N) is 1. The van der Waals surface area contributed by atoms with Gasteiger partial charge < -0.3 is 20.1 Å². The SMILES string of the molecule is C=CCCOCCNC(=O)N1C[C@@H](C(F)(F)F)[C@H](C(=O)O)C1. The average Bonchev–Trinajstić information content (AvgIpc) is 2.88. The van der Waals surface area contributed by atoms with Crippen LogP contribution in [0.5, 0.6) is 0 Å². The number of hydrogen-bond acceptors (Lipinski definition) is 3. The highest BCUT2D eigenvalue weighted by Gasteiger charge is 2.53. The molecule has 1 heterocycles. The number of alkyl halides is 3. The number of carbonyl (C=O) groups excluding carboxylic acids is 1. The lowest BCUT2D eigenvalue weighted by Crippen LogP contribution is -2.40. The zero-order valence-corrected chi connectivity index (χ0v) is 11.9. The van der Waals surface area contributed by atoms with Crippen molar-refractivity contribution in [3.63, 3.8) is 0 Å². The molecule has 2 N–H and O–H groups in total. The summed E-state index contributed by atoms with van der Waals surface area (Å²) in [5.41, 5.74) is 0. The molecule has 2 amide bonds. The molecule has 0 saturated carbocycles. The summed E-state index contributed by atoms with van der Waals surface area (Å²) in [5.74, 6) is -5.22.